The number of aromatic nitrogens is 1. The number of hydrogen-bond acceptors (Lipinski definition) is 6. The predicted molar refractivity (Wildman–Crippen MR) is 85.8 cm³/mol. The summed E-state index contributed by atoms with van der Waals surface area (Å²) in [4.78, 5) is 20.9. The Kier molecular flexibility index (Phi) is 4.73. The van der Waals surface area contributed by atoms with Gasteiger partial charge in [0.15, 0.2) is 5.13 Å². The number of hydrogen-bond donors (Lipinski definition) is 2. The van der Waals surface area contributed by atoms with Crippen LogP contribution in [0, 0.1) is 0 Å². The molecule has 0 atom stereocenters. The first kappa shape index (κ1) is 16.0. The van der Waals surface area contributed by atoms with E-state index < -0.39 is 5.60 Å². The highest BCUT2D eigenvalue weighted by atomic mass is 32.1. The van der Waals surface area contributed by atoms with Gasteiger partial charge in [-0.3, -0.25) is 4.79 Å². The van der Waals surface area contributed by atoms with Gasteiger partial charge in [-0.15, -0.1) is 0 Å². The zero-order valence-corrected chi connectivity index (χ0v) is 13.7. The smallest absolute Gasteiger partial charge is 0.267 e. The molecule has 0 bridgehead atoms. The molecule has 0 unspecified atom stereocenters. The molecular weight excluding hydrogens is 288 g/mol. The summed E-state index contributed by atoms with van der Waals surface area (Å²) >= 11 is 1.35. The van der Waals surface area contributed by atoms with Crippen molar-refractivity contribution in [3.8, 4) is 0 Å². The summed E-state index contributed by atoms with van der Waals surface area (Å²) in [5.74, 6) is 0.101. The minimum Gasteiger partial charge on any atom is -0.389 e. The number of nitrogen functional groups attached to an aromatic ring is 1. The number of carbonyl (C=O) groups is 1. The van der Waals surface area contributed by atoms with Crippen molar-refractivity contribution < 1.29 is 9.90 Å². The van der Waals surface area contributed by atoms with E-state index in [9.17, 15) is 9.90 Å². The third kappa shape index (κ3) is 4.07. The predicted octanol–water partition coefficient (Wildman–Crippen LogP) is 1.56. The quantitative estimate of drug-likeness (QED) is 0.881. The first-order chi connectivity index (χ1) is 9.78. The summed E-state index contributed by atoms with van der Waals surface area (Å²) in [5.41, 5.74) is 4.98. The number of amides is 1. The lowest BCUT2D eigenvalue weighted by molar-refractivity contribution is 0.0371. The molecule has 6 nitrogen and oxygen atoms in total. The average molecular weight is 312 g/mol. The van der Waals surface area contributed by atoms with Gasteiger partial charge in [0, 0.05) is 26.7 Å². The normalized spacial score (nSPS) is 16.1. The molecule has 0 spiro atoms. The maximum absolute atomic E-state index is 12.4. The fraction of sp³-hybridized carbons (Fsp3) is 0.714. The van der Waals surface area contributed by atoms with Gasteiger partial charge in [0.2, 0.25) is 0 Å². The molecule has 0 radical (unpaired) electrons. The number of piperidine rings is 1. The molecule has 1 saturated heterocycles. The second kappa shape index (κ2) is 6.19. The second-order valence-electron chi connectivity index (χ2n) is 6.23. The SMILES string of the molecule is CN(CC(C)(C)O)C(=O)c1sc(N2CCCCC2)nc1N. The maximum Gasteiger partial charge on any atom is 0.267 e. The third-order valence-electron chi connectivity index (χ3n) is 3.43. The molecule has 7 heteroatoms. The molecule has 2 rings (SSSR count). The Morgan fingerprint density at radius 2 is 2.05 bits per heavy atom. The van der Waals surface area contributed by atoms with Crippen molar-refractivity contribution >= 4 is 28.2 Å². The van der Waals surface area contributed by atoms with Gasteiger partial charge in [0.1, 0.15) is 10.7 Å². The number of aliphatic hydroxyl groups is 1. The van der Waals surface area contributed by atoms with Crippen molar-refractivity contribution in [1.82, 2.24) is 9.88 Å². The van der Waals surface area contributed by atoms with Crippen LogP contribution in [-0.4, -0.2) is 53.2 Å². The third-order valence-corrected chi connectivity index (χ3v) is 4.55. The van der Waals surface area contributed by atoms with E-state index in [1.165, 1.54) is 22.7 Å². The highest BCUT2D eigenvalue weighted by Gasteiger charge is 2.25. The fourth-order valence-electron chi connectivity index (χ4n) is 2.52. The standard InChI is InChI=1S/C14H24N4O2S/c1-14(2,20)9-17(3)12(19)10-11(15)16-13(21-10)18-7-5-4-6-8-18/h20H,4-9,15H2,1-3H3. The number of thiazole rings is 1. The molecule has 0 aliphatic carbocycles. The topological polar surface area (TPSA) is 82.7 Å². The van der Waals surface area contributed by atoms with Gasteiger partial charge in [0.05, 0.1) is 5.60 Å². The Labute approximate surface area is 129 Å². The van der Waals surface area contributed by atoms with Crippen LogP contribution in [0.1, 0.15) is 42.8 Å². The zero-order chi connectivity index (χ0) is 15.6. The summed E-state index contributed by atoms with van der Waals surface area (Å²) < 4.78 is 0. The maximum atomic E-state index is 12.4. The molecule has 2 heterocycles. The minimum atomic E-state index is -0.931. The van der Waals surface area contributed by atoms with Crippen LogP contribution in [-0.2, 0) is 0 Å². The Hall–Kier alpha value is -1.34. The molecule has 1 aromatic heterocycles. The molecule has 21 heavy (non-hydrogen) atoms. The van der Waals surface area contributed by atoms with Gasteiger partial charge in [-0.1, -0.05) is 11.3 Å². The monoisotopic (exact) mass is 312 g/mol. The number of rotatable bonds is 4. The molecule has 1 aliphatic rings. The highest BCUT2D eigenvalue weighted by molar-refractivity contribution is 7.18. The van der Waals surface area contributed by atoms with Crippen LogP contribution in [0.3, 0.4) is 0 Å². The van der Waals surface area contributed by atoms with Crippen LogP contribution in [0.2, 0.25) is 0 Å². The first-order valence-corrected chi connectivity index (χ1v) is 8.09. The number of anilines is 2. The lowest BCUT2D eigenvalue weighted by Gasteiger charge is -2.26. The van der Waals surface area contributed by atoms with E-state index in [0.29, 0.717) is 4.88 Å². The van der Waals surface area contributed by atoms with Crippen LogP contribution in [0.15, 0.2) is 0 Å². The van der Waals surface area contributed by atoms with E-state index >= 15 is 0 Å². The molecule has 3 N–H and O–H groups in total. The molecule has 118 valence electrons. The minimum absolute atomic E-state index is 0.185. The molecule has 0 saturated carbocycles. The van der Waals surface area contributed by atoms with Gasteiger partial charge in [-0.05, 0) is 33.1 Å². The second-order valence-corrected chi connectivity index (χ2v) is 7.21. The lowest BCUT2D eigenvalue weighted by atomic mass is 10.1. The summed E-state index contributed by atoms with van der Waals surface area (Å²) in [7, 11) is 1.67. The van der Waals surface area contributed by atoms with E-state index in [0.717, 1.165) is 31.1 Å². The molecule has 0 aromatic carbocycles. The van der Waals surface area contributed by atoms with Crippen LogP contribution >= 0.6 is 11.3 Å². The zero-order valence-electron chi connectivity index (χ0n) is 12.9. The van der Waals surface area contributed by atoms with Gasteiger partial charge < -0.3 is 20.6 Å². The van der Waals surface area contributed by atoms with E-state index in [-0.39, 0.29) is 18.3 Å². The van der Waals surface area contributed by atoms with Crippen molar-refractivity contribution in [2.75, 3.05) is 37.3 Å². The molecule has 1 aromatic rings. The van der Waals surface area contributed by atoms with Crippen molar-refractivity contribution in [1.29, 1.82) is 0 Å². The van der Waals surface area contributed by atoms with E-state index in [2.05, 4.69) is 9.88 Å². The Bertz CT molecular complexity index is 504. The Balaban J connectivity index is 2.12. The number of likely N-dealkylation sites (N-methyl/N-ethyl adjacent to an activating group) is 1. The number of nitrogens with zero attached hydrogens (tertiary/aromatic N) is 3. The number of nitrogens with two attached hydrogens (primary N) is 1. The lowest BCUT2D eigenvalue weighted by Crippen LogP contribution is -2.39. The number of carbonyl (C=O) groups excluding carboxylic acids is 1. The first-order valence-electron chi connectivity index (χ1n) is 7.27. The van der Waals surface area contributed by atoms with Gasteiger partial charge >= 0.3 is 0 Å². The largest absolute Gasteiger partial charge is 0.389 e. The van der Waals surface area contributed by atoms with Crippen LogP contribution in [0.25, 0.3) is 0 Å². The van der Waals surface area contributed by atoms with Gasteiger partial charge in [-0.2, -0.15) is 0 Å². The van der Waals surface area contributed by atoms with Crippen molar-refractivity contribution in [3.63, 3.8) is 0 Å². The average Bonchev–Trinajstić information content (AvgIpc) is 2.79. The van der Waals surface area contributed by atoms with E-state index in [1.54, 1.807) is 20.9 Å². The Morgan fingerprint density at radius 3 is 2.62 bits per heavy atom. The van der Waals surface area contributed by atoms with Gasteiger partial charge in [0.25, 0.3) is 5.91 Å². The van der Waals surface area contributed by atoms with E-state index in [1.807, 2.05) is 0 Å². The van der Waals surface area contributed by atoms with Crippen molar-refractivity contribution in [3.05, 3.63) is 4.88 Å². The van der Waals surface area contributed by atoms with E-state index in [4.69, 9.17) is 5.73 Å². The summed E-state index contributed by atoms with van der Waals surface area (Å²) in [6.07, 6.45) is 3.56. The molecular formula is C14H24N4O2S. The van der Waals surface area contributed by atoms with Crippen LogP contribution < -0.4 is 10.6 Å². The van der Waals surface area contributed by atoms with Crippen LogP contribution in [0.4, 0.5) is 10.9 Å². The van der Waals surface area contributed by atoms with Crippen molar-refractivity contribution in [2.45, 2.75) is 38.7 Å². The molecule has 1 aliphatic heterocycles. The summed E-state index contributed by atoms with van der Waals surface area (Å²) in [6.45, 7) is 5.54. The highest BCUT2D eigenvalue weighted by Crippen LogP contribution is 2.30. The summed E-state index contributed by atoms with van der Waals surface area (Å²) in [5, 5.41) is 10.6. The van der Waals surface area contributed by atoms with Crippen LogP contribution in [0.5, 0.6) is 0 Å². The van der Waals surface area contributed by atoms with Gasteiger partial charge in [-0.25, -0.2) is 4.98 Å². The fourth-order valence-corrected chi connectivity index (χ4v) is 3.55. The summed E-state index contributed by atoms with van der Waals surface area (Å²) in [6, 6.07) is 0. The van der Waals surface area contributed by atoms with Crippen molar-refractivity contribution in [2.24, 2.45) is 0 Å². The Morgan fingerprint density at radius 1 is 1.43 bits per heavy atom. The molecule has 1 fully saturated rings. The molecule has 1 amide bonds.